The van der Waals surface area contributed by atoms with Crippen LogP contribution in [0.15, 0.2) is 29.2 Å². The number of benzene rings is 1. The largest absolute Gasteiger partial charge is 0.479 e. The number of sulfonamides is 1. The number of rotatable bonds is 7. The predicted molar refractivity (Wildman–Crippen MR) is 74.5 cm³/mol. The number of nitrogens with one attached hydrogen (secondary N) is 1. The molecule has 8 heteroatoms. The van der Waals surface area contributed by atoms with Crippen molar-refractivity contribution in [1.29, 1.82) is 0 Å². The van der Waals surface area contributed by atoms with Gasteiger partial charge in [0.25, 0.3) is 0 Å². The SMILES string of the molecule is CCC(=O)c1cccc(S(=O)(=O)NCC(C)(O)C(=O)O)c1. The first-order valence-corrected chi connectivity index (χ1v) is 7.67. The fourth-order valence-corrected chi connectivity index (χ4v) is 2.61. The van der Waals surface area contributed by atoms with Crippen molar-refractivity contribution in [3.8, 4) is 0 Å². The van der Waals surface area contributed by atoms with E-state index in [1.165, 1.54) is 24.3 Å². The number of hydrogen-bond donors (Lipinski definition) is 3. The zero-order valence-corrected chi connectivity index (χ0v) is 12.5. The number of carboxylic acids is 1. The molecule has 116 valence electrons. The molecule has 21 heavy (non-hydrogen) atoms. The molecule has 1 aromatic carbocycles. The highest BCUT2D eigenvalue weighted by Crippen LogP contribution is 2.14. The molecule has 0 heterocycles. The minimum Gasteiger partial charge on any atom is -0.479 e. The average molecular weight is 315 g/mol. The summed E-state index contributed by atoms with van der Waals surface area (Å²) in [6.07, 6.45) is 0.241. The molecule has 0 aliphatic carbocycles. The third kappa shape index (κ3) is 4.35. The highest BCUT2D eigenvalue weighted by molar-refractivity contribution is 7.89. The van der Waals surface area contributed by atoms with Gasteiger partial charge in [-0.2, -0.15) is 0 Å². The summed E-state index contributed by atoms with van der Waals surface area (Å²) in [5.74, 6) is -1.75. The van der Waals surface area contributed by atoms with Gasteiger partial charge in [-0.1, -0.05) is 19.1 Å². The molecule has 0 fully saturated rings. The monoisotopic (exact) mass is 315 g/mol. The van der Waals surface area contributed by atoms with Crippen LogP contribution in [0, 0.1) is 0 Å². The smallest absolute Gasteiger partial charge is 0.336 e. The highest BCUT2D eigenvalue weighted by atomic mass is 32.2. The summed E-state index contributed by atoms with van der Waals surface area (Å²) in [4.78, 5) is 22.1. The van der Waals surface area contributed by atoms with Crippen molar-refractivity contribution < 1.29 is 28.2 Å². The molecular weight excluding hydrogens is 298 g/mol. The van der Waals surface area contributed by atoms with Crippen LogP contribution in [0.25, 0.3) is 0 Å². The quantitative estimate of drug-likeness (QED) is 0.626. The van der Waals surface area contributed by atoms with E-state index in [4.69, 9.17) is 5.11 Å². The van der Waals surface area contributed by atoms with Gasteiger partial charge in [-0.05, 0) is 19.1 Å². The van der Waals surface area contributed by atoms with Crippen LogP contribution in [0.1, 0.15) is 30.6 Å². The molecule has 1 aromatic rings. The Hall–Kier alpha value is -1.77. The predicted octanol–water partition coefficient (Wildman–Crippen LogP) is 0.393. The topological polar surface area (TPSA) is 121 Å². The van der Waals surface area contributed by atoms with Crippen molar-refractivity contribution >= 4 is 21.8 Å². The van der Waals surface area contributed by atoms with E-state index in [2.05, 4.69) is 0 Å². The number of carbonyl (C=O) groups excluding carboxylic acids is 1. The van der Waals surface area contributed by atoms with Crippen molar-refractivity contribution in [2.45, 2.75) is 30.8 Å². The molecule has 0 aliphatic heterocycles. The van der Waals surface area contributed by atoms with E-state index in [-0.39, 0.29) is 22.7 Å². The van der Waals surface area contributed by atoms with Crippen molar-refractivity contribution in [3.05, 3.63) is 29.8 Å². The van der Waals surface area contributed by atoms with Gasteiger partial charge in [0.05, 0.1) is 11.4 Å². The van der Waals surface area contributed by atoms with Crippen LogP contribution in [-0.4, -0.2) is 42.5 Å². The normalized spacial score (nSPS) is 14.4. The van der Waals surface area contributed by atoms with E-state index in [1.807, 2.05) is 4.72 Å². The standard InChI is InChI=1S/C13H17NO6S/c1-3-11(15)9-5-4-6-10(7-9)21(19,20)14-8-13(2,18)12(16)17/h4-7,14,18H,3,8H2,1-2H3,(H,16,17). The maximum atomic E-state index is 12.0. The van der Waals surface area contributed by atoms with Gasteiger partial charge >= 0.3 is 5.97 Å². The van der Waals surface area contributed by atoms with Crippen molar-refractivity contribution in [3.63, 3.8) is 0 Å². The Morgan fingerprint density at radius 3 is 2.48 bits per heavy atom. The first kappa shape index (κ1) is 17.3. The molecule has 0 aromatic heterocycles. The van der Waals surface area contributed by atoms with E-state index in [0.717, 1.165) is 6.92 Å². The molecule has 0 radical (unpaired) electrons. The lowest BCUT2D eigenvalue weighted by atomic mass is 10.1. The van der Waals surface area contributed by atoms with E-state index in [0.29, 0.717) is 0 Å². The van der Waals surface area contributed by atoms with Crippen LogP contribution in [0.4, 0.5) is 0 Å². The Kier molecular flexibility index (Phi) is 5.21. The van der Waals surface area contributed by atoms with E-state index < -0.39 is 28.1 Å². The maximum absolute atomic E-state index is 12.0. The molecule has 1 atom stereocenters. The van der Waals surface area contributed by atoms with E-state index >= 15 is 0 Å². The van der Waals surface area contributed by atoms with Crippen LogP contribution >= 0.6 is 0 Å². The molecule has 0 amide bonds. The van der Waals surface area contributed by atoms with Gasteiger partial charge in [-0.3, -0.25) is 4.79 Å². The Labute approximate surface area is 122 Å². The number of carbonyl (C=O) groups is 2. The van der Waals surface area contributed by atoms with E-state index in [1.54, 1.807) is 6.92 Å². The molecule has 7 nitrogen and oxygen atoms in total. The average Bonchev–Trinajstić information content (AvgIpc) is 2.44. The lowest BCUT2D eigenvalue weighted by Crippen LogP contribution is -2.46. The summed E-state index contributed by atoms with van der Waals surface area (Å²) >= 11 is 0. The summed E-state index contributed by atoms with van der Waals surface area (Å²) in [5.41, 5.74) is -1.96. The van der Waals surface area contributed by atoms with Gasteiger partial charge in [0, 0.05) is 12.0 Å². The number of carboxylic acid groups (broad SMARTS) is 1. The molecule has 0 saturated carbocycles. The van der Waals surface area contributed by atoms with Gasteiger partial charge in [0.1, 0.15) is 0 Å². The van der Waals surface area contributed by atoms with Gasteiger partial charge < -0.3 is 10.2 Å². The molecule has 0 spiro atoms. The van der Waals surface area contributed by atoms with Crippen LogP contribution in [-0.2, 0) is 14.8 Å². The molecule has 1 unspecified atom stereocenters. The number of Topliss-reactive ketones (excluding diaryl/α,β-unsaturated/α-hetero) is 1. The lowest BCUT2D eigenvalue weighted by Gasteiger charge is -2.18. The number of hydrogen-bond acceptors (Lipinski definition) is 5. The second-order valence-electron chi connectivity index (χ2n) is 4.71. The van der Waals surface area contributed by atoms with Crippen molar-refractivity contribution in [1.82, 2.24) is 4.72 Å². The molecule has 0 bridgehead atoms. The Balaban J connectivity index is 2.99. The second-order valence-corrected chi connectivity index (χ2v) is 6.48. The zero-order chi connectivity index (χ0) is 16.3. The lowest BCUT2D eigenvalue weighted by molar-refractivity contribution is -0.155. The van der Waals surface area contributed by atoms with Gasteiger partial charge in [-0.25, -0.2) is 17.9 Å². The minimum absolute atomic E-state index is 0.164. The first-order chi connectivity index (χ1) is 9.60. The highest BCUT2D eigenvalue weighted by Gasteiger charge is 2.31. The third-order valence-electron chi connectivity index (χ3n) is 2.85. The van der Waals surface area contributed by atoms with Crippen molar-refractivity contribution in [2.24, 2.45) is 0 Å². The van der Waals surface area contributed by atoms with Gasteiger partial charge in [-0.15, -0.1) is 0 Å². The van der Waals surface area contributed by atoms with Crippen molar-refractivity contribution in [2.75, 3.05) is 6.54 Å². The van der Waals surface area contributed by atoms with Crippen LogP contribution in [0.5, 0.6) is 0 Å². The fourth-order valence-electron chi connectivity index (χ4n) is 1.44. The first-order valence-electron chi connectivity index (χ1n) is 6.19. The molecular formula is C13H17NO6S. The van der Waals surface area contributed by atoms with Gasteiger partial charge in [0.2, 0.25) is 10.0 Å². The van der Waals surface area contributed by atoms with Crippen LogP contribution in [0.2, 0.25) is 0 Å². The summed E-state index contributed by atoms with van der Waals surface area (Å²) in [5, 5.41) is 18.2. The number of aliphatic carboxylic acids is 1. The Morgan fingerprint density at radius 1 is 1.33 bits per heavy atom. The van der Waals surface area contributed by atoms with E-state index in [9.17, 15) is 23.1 Å². The summed E-state index contributed by atoms with van der Waals surface area (Å²) in [6.45, 7) is 1.96. The molecule has 3 N–H and O–H groups in total. The number of ketones is 1. The van der Waals surface area contributed by atoms with Crippen LogP contribution in [0.3, 0.4) is 0 Å². The Bertz CT molecular complexity index is 650. The summed E-state index contributed by atoms with van der Waals surface area (Å²) in [6, 6.07) is 5.42. The fraction of sp³-hybridized carbons (Fsp3) is 0.385. The minimum atomic E-state index is -4.02. The maximum Gasteiger partial charge on any atom is 0.336 e. The molecule has 0 saturated heterocycles. The zero-order valence-electron chi connectivity index (χ0n) is 11.7. The third-order valence-corrected chi connectivity index (χ3v) is 4.25. The Morgan fingerprint density at radius 2 is 1.95 bits per heavy atom. The number of aliphatic hydroxyl groups is 1. The second kappa shape index (κ2) is 6.33. The summed E-state index contributed by atoms with van der Waals surface area (Å²) < 4.78 is 26.1. The van der Waals surface area contributed by atoms with Crippen LogP contribution < -0.4 is 4.72 Å². The summed E-state index contributed by atoms with van der Waals surface area (Å²) in [7, 11) is -4.02. The molecule has 1 rings (SSSR count). The van der Waals surface area contributed by atoms with Gasteiger partial charge in [0.15, 0.2) is 11.4 Å². The molecule has 0 aliphatic rings.